The molecular formula is C19H21N3O3S. The molecule has 0 fully saturated rings. The molecule has 0 aliphatic carbocycles. The van der Waals surface area contributed by atoms with Gasteiger partial charge in [0.15, 0.2) is 0 Å². The van der Waals surface area contributed by atoms with Crippen LogP contribution in [0.4, 0.5) is 5.82 Å². The van der Waals surface area contributed by atoms with Crippen LogP contribution in [0, 0.1) is 5.92 Å². The lowest BCUT2D eigenvalue weighted by atomic mass is 10.1. The molecule has 3 rings (SSSR count). The third kappa shape index (κ3) is 4.11. The van der Waals surface area contributed by atoms with Gasteiger partial charge in [-0.15, -0.1) is 0 Å². The number of rotatable bonds is 7. The smallest absolute Gasteiger partial charge is 0.263 e. The number of sulfonamides is 1. The molecule has 0 aliphatic heterocycles. The number of hydrogen-bond acceptors (Lipinski definition) is 5. The van der Waals surface area contributed by atoms with Gasteiger partial charge in [0.2, 0.25) is 5.82 Å². The molecule has 7 heteroatoms. The van der Waals surface area contributed by atoms with E-state index in [1.165, 1.54) is 12.1 Å². The molecule has 0 radical (unpaired) electrons. The zero-order valence-electron chi connectivity index (χ0n) is 14.7. The predicted octanol–water partition coefficient (Wildman–Crippen LogP) is 3.86. The highest BCUT2D eigenvalue weighted by Gasteiger charge is 2.19. The second kappa shape index (κ2) is 7.70. The summed E-state index contributed by atoms with van der Waals surface area (Å²) in [5.74, 6) is 0.598. The molecule has 0 aliphatic rings. The third-order valence-electron chi connectivity index (χ3n) is 4.02. The average Bonchev–Trinajstić information content (AvgIpc) is 2.66. The summed E-state index contributed by atoms with van der Waals surface area (Å²) in [5.41, 5.74) is 1.24. The molecule has 0 bridgehead atoms. The first kappa shape index (κ1) is 18.1. The fourth-order valence-corrected chi connectivity index (χ4v) is 3.30. The molecule has 26 heavy (non-hydrogen) atoms. The molecule has 3 aromatic rings. The van der Waals surface area contributed by atoms with E-state index in [4.69, 9.17) is 4.74 Å². The van der Waals surface area contributed by atoms with Crippen molar-refractivity contribution in [3.8, 4) is 5.88 Å². The molecule has 0 saturated carbocycles. The summed E-state index contributed by atoms with van der Waals surface area (Å²) < 4.78 is 33.6. The van der Waals surface area contributed by atoms with Crippen molar-refractivity contribution < 1.29 is 13.2 Å². The Kier molecular flexibility index (Phi) is 5.37. The summed E-state index contributed by atoms with van der Waals surface area (Å²) in [4.78, 5) is 9.01. The van der Waals surface area contributed by atoms with Crippen molar-refractivity contribution in [1.82, 2.24) is 9.97 Å². The Balaban J connectivity index is 1.99. The van der Waals surface area contributed by atoms with Crippen molar-refractivity contribution in [3.05, 3.63) is 54.6 Å². The average molecular weight is 371 g/mol. The second-order valence-electron chi connectivity index (χ2n) is 6.11. The number of aromatic nitrogens is 2. The van der Waals surface area contributed by atoms with E-state index < -0.39 is 10.0 Å². The minimum atomic E-state index is -3.78. The van der Waals surface area contributed by atoms with Crippen LogP contribution in [-0.2, 0) is 10.0 Å². The van der Waals surface area contributed by atoms with Crippen LogP contribution in [0.5, 0.6) is 5.88 Å². The number of hydrogen-bond donors (Lipinski definition) is 1. The molecule has 0 amide bonds. The van der Waals surface area contributed by atoms with Crippen LogP contribution >= 0.6 is 0 Å². The van der Waals surface area contributed by atoms with E-state index in [1.807, 2.05) is 18.2 Å². The summed E-state index contributed by atoms with van der Waals surface area (Å²) in [7, 11) is -3.78. The molecule has 2 aromatic carbocycles. The lowest BCUT2D eigenvalue weighted by Crippen LogP contribution is -2.17. The highest BCUT2D eigenvalue weighted by molar-refractivity contribution is 7.92. The van der Waals surface area contributed by atoms with Gasteiger partial charge in [0.1, 0.15) is 0 Å². The van der Waals surface area contributed by atoms with E-state index in [0.717, 1.165) is 6.42 Å². The summed E-state index contributed by atoms with van der Waals surface area (Å²) >= 11 is 0. The molecule has 1 N–H and O–H groups in total. The van der Waals surface area contributed by atoms with E-state index in [1.54, 1.807) is 24.3 Å². The van der Waals surface area contributed by atoms with Crippen LogP contribution < -0.4 is 9.46 Å². The van der Waals surface area contributed by atoms with Gasteiger partial charge in [0.05, 0.1) is 22.5 Å². The zero-order valence-corrected chi connectivity index (χ0v) is 15.5. The zero-order chi connectivity index (χ0) is 18.6. The van der Waals surface area contributed by atoms with Crippen molar-refractivity contribution in [2.24, 2.45) is 5.92 Å². The molecule has 1 atom stereocenters. The van der Waals surface area contributed by atoms with E-state index >= 15 is 0 Å². The maximum absolute atomic E-state index is 12.6. The number of ether oxygens (including phenoxy) is 1. The number of fused-ring (bicyclic) bond motifs is 1. The Morgan fingerprint density at radius 1 is 1.00 bits per heavy atom. The second-order valence-corrected chi connectivity index (χ2v) is 7.79. The molecule has 1 heterocycles. The van der Waals surface area contributed by atoms with Crippen LogP contribution in [0.1, 0.15) is 20.3 Å². The van der Waals surface area contributed by atoms with Gasteiger partial charge in [0, 0.05) is 0 Å². The number of para-hydroxylation sites is 2. The quantitative estimate of drug-likeness (QED) is 0.682. The van der Waals surface area contributed by atoms with Gasteiger partial charge in [-0.3, -0.25) is 4.72 Å². The Labute approximate surface area is 153 Å². The molecule has 136 valence electrons. The summed E-state index contributed by atoms with van der Waals surface area (Å²) in [6.07, 6.45) is 0.950. The largest absolute Gasteiger partial charge is 0.475 e. The summed E-state index contributed by atoms with van der Waals surface area (Å²) in [6.45, 7) is 4.56. The lowest BCUT2D eigenvalue weighted by molar-refractivity contribution is 0.249. The van der Waals surface area contributed by atoms with E-state index in [2.05, 4.69) is 28.5 Å². The van der Waals surface area contributed by atoms with Crippen molar-refractivity contribution in [1.29, 1.82) is 0 Å². The molecule has 0 spiro atoms. The van der Waals surface area contributed by atoms with Crippen molar-refractivity contribution >= 4 is 26.9 Å². The van der Waals surface area contributed by atoms with Gasteiger partial charge in [-0.05, 0) is 30.2 Å². The van der Waals surface area contributed by atoms with Crippen molar-refractivity contribution in [2.75, 3.05) is 11.3 Å². The molecule has 1 aromatic heterocycles. The summed E-state index contributed by atoms with van der Waals surface area (Å²) in [6, 6.07) is 15.4. The Morgan fingerprint density at radius 2 is 1.62 bits per heavy atom. The standard InChI is InChI=1S/C19H21N3O3S/c1-3-14(2)13-25-19-18(20-16-11-7-8-12-17(16)21-19)22-26(23,24)15-9-5-4-6-10-15/h4-12,14H,3,13H2,1-2H3,(H,20,22). The minimum Gasteiger partial charge on any atom is -0.475 e. The first-order valence-corrected chi connectivity index (χ1v) is 9.95. The Hall–Kier alpha value is -2.67. The van der Waals surface area contributed by atoms with Crippen molar-refractivity contribution in [3.63, 3.8) is 0 Å². The fraction of sp³-hybridized carbons (Fsp3) is 0.263. The van der Waals surface area contributed by atoms with E-state index in [-0.39, 0.29) is 16.6 Å². The molecule has 6 nitrogen and oxygen atoms in total. The number of nitrogens with zero attached hydrogens (tertiary/aromatic N) is 2. The van der Waals surface area contributed by atoms with Crippen LogP contribution in [0.15, 0.2) is 59.5 Å². The maximum Gasteiger partial charge on any atom is 0.263 e. The fourth-order valence-electron chi connectivity index (χ4n) is 2.28. The summed E-state index contributed by atoms with van der Waals surface area (Å²) in [5, 5.41) is 0. The SMILES string of the molecule is CCC(C)COc1nc2ccccc2nc1NS(=O)(=O)c1ccccc1. The highest BCUT2D eigenvalue weighted by atomic mass is 32.2. The predicted molar refractivity (Wildman–Crippen MR) is 102 cm³/mol. The van der Waals surface area contributed by atoms with Crippen LogP contribution in [0.3, 0.4) is 0 Å². The monoisotopic (exact) mass is 371 g/mol. The number of nitrogens with one attached hydrogen (secondary N) is 1. The van der Waals surface area contributed by atoms with Gasteiger partial charge >= 0.3 is 0 Å². The Bertz CT molecular complexity index is 991. The normalized spacial score (nSPS) is 12.7. The van der Waals surface area contributed by atoms with Gasteiger partial charge in [-0.25, -0.2) is 18.4 Å². The first-order valence-electron chi connectivity index (χ1n) is 8.47. The van der Waals surface area contributed by atoms with E-state index in [9.17, 15) is 8.42 Å². The maximum atomic E-state index is 12.6. The minimum absolute atomic E-state index is 0.0934. The topological polar surface area (TPSA) is 81.2 Å². The molecule has 1 unspecified atom stereocenters. The first-order chi connectivity index (χ1) is 12.5. The van der Waals surface area contributed by atoms with Crippen LogP contribution in [0.2, 0.25) is 0 Å². The third-order valence-corrected chi connectivity index (χ3v) is 5.38. The van der Waals surface area contributed by atoms with Gasteiger partial charge in [0.25, 0.3) is 15.9 Å². The lowest BCUT2D eigenvalue weighted by Gasteiger charge is -2.15. The van der Waals surface area contributed by atoms with Crippen molar-refractivity contribution in [2.45, 2.75) is 25.2 Å². The van der Waals surface area contributed by atoms with E-state index in [0.29, 0.717) is 23.6 Å². The Morgan fingerprint density at radius 3 is 2.27 bits per heavy atom. The van der Waals surface area contributed by atoms with Gasteiger partial charge < -0.3 is 4.74 Å². The number of benzene rings is 2. The van der Waals surface area contributed by atoms with Gasteiger partial charge in [-0.2, -0.15) is 0 Å². The van der Waals surface area contributed by atoms with Gasteiger partial charge in [-0.1, -0.05) is 50.6 Å². The molecular weight excluding hydrogens is 350 g/mol. The molecule has 0 saturated heterocycles. The van der Waals surface area contributed by atoms with Crippen LogP contribution in [-0.4, -0.2) is 25.0 Å². The number of anilines is 1. The highest BCUT2D eigenvalue weighted by Crippen LogP contribution is 2.26. The van der Waals surface area contributed by atoms with Crippen LogP contribution in [0.25, 0.3) is 11.0 Å².